The van der Waals surface area contributed by atoms with E-state index in [9.17, 15) is 8.78 Å². The highest BCUT2D eigenvalue weighted by atomic mass is 79.9. The molecule has 1 aromatic rings. The molecule has 0 aliphatic rings. The highest BCUT2D eigenvalue weighted by Gasteiger charge is 2.11. The van der Waals surface area contributed by atoms with Crippen molar-refractivity contribution in [2.24, 2.45) is 0 Å². The van der Waals surface area contributed by atoms with Gasteiger partial charge in [-0.15, -0.1) is 0 Å². The first kappa shape index (κ1) is 10.9. The second-order valence-electron chi connectivity index (χ2n) is 2.25. The Morgan fingerprint density at radius 2 is 2.15 bits per heavy atom. The lowest BCUT2D eigenvalue weighted by Gasteiger charge is -2.05. The Morgan fingerprint density at radius 1 is 1.46 bits per heavy atom. The molecule has 1 aromatic carbocycles. The fourth-order valence-corrected chi connectivity index (χ4v) is 1.48. The maximum Gasteiger partial charge on any atom is 0.165 e. The minimum Gasteiger partial charge on any atom is -0.311 e. The van der Waals surface area contributed by atoms with Crippen molar-refractivity contribution in [3.63, 3.8) is 0 Å². The molecule has 0 saturated heterocycles. The van der Waals surface area contributed by atoms with Crippen molar-refractivity contribution < 1.29 is 13.0 Å². The Kier molecular flexibility index (Phi) is 4.15. The van der Waals surface area contributed by atoms with E-state index in [-0.39, 0.29) is 12.2 Å². The molecule has 0 bridgehead atoms. The van der Waals surface area contributed by atoms with Crippen LogP contribution in [-0.4, -0.2) is 6.26 Å². The van der Waals surface area contributed by atoms with Gasteiger partial charge in [0.15, 0.2) is 11.6 Å². The van der Waals surface area contributed by atoms with Crippen LogP contribution in [0.5, 0.6) is 0 Å². The standard InChI is InChI=1S/C8H7BrF2OS/c1-13-12-4-5-6(9)2-3-7(10)8(5)11/h2-3H,4H2,1H3. The Labute approximate surface area is 87.8 Å². The van der Waals surface area contributed by atoms with Crippen LogP contribution < -0.4 is 0 Å². The zero-order valence-corrected chi connectivity index (χ0v) is 9.21. The molecule has 1 nitrogen and oxygen atoms in total. The summed E-state index contributed by atoms with van der Waals surface area (Å²) in [7, 11) is 0. The van der Waals surface area contributed by atoms with Crippen LogP contribution in [0.4, 0.5) is 8.78 Å². The van der Waals surface area contributed by atoms with E-state index in [0.717, 1.165) is 18.1 Å². The molecular weight excluding hydrogens is 262 g/mol. The molecule has 0 spiro atoms. The average Bonchev–Trinajstić information content (AvgIpc) is 2.12. The molecule has 0 aliphatic heterocycles. The molecule has 0 radical (unpaired) electrons. The summed E-state index contributed by atoms with van der Waals surface area (Å²) in [4.78, 5) is 0. The molecule has 13 heavy (non-hydrogen) atoms. The molecule has 0 aliphatic carbocycles. The highest BCUT2D eigenvalue weighted by molar-refractivity contribution is 9.10. The summed E-state index contributed by atoms with van der Waals surface area (Å²) in [5.41, 5.74) is 0.203. The fourth-order valence-electron chi connectivity index (χ4n) is 0.819. The summed E-state index contributed by atoms with van der Waals surface area (Å²) in [6.45, 7) is 0.0470. The summed E-state index contributed by atoms with van der Waals surface area (Å²) in [5, 5.41) is 0. The summed E-state index contributed by atoms with van der Waals surface area (Å²) >= 11 is 4.23. The van der Waals surface area contributed by atoms with Gasteiger partial charge in [0.05, 0.1) is 6.61 Å². The van der Waals surface area contributed by atoms with Crippen LogP contribution in [0.3, 0.4) is 0 Å². The predicted molar refractivity (Wildman–Crippen MR) is 52.4 cm³/mol. The third-order valence-electron chi connectivity index (χ3n) is 1.46. The second kappa shape index (κ2) is 4.93. The van der Waals surface area contributed by atoms with Gasteiger partial charge in [-0.1, -0.05) is 15.9 Å². The van der Waals surface area contributed by atoms with Crippen LogP contribution in [0.25, 0.3) is 0 Å². The quantitative estimate of drug-likeness (QED) is 0.613. The Bertz CT molecular complexity index is 306. The molecule has 0 atom stereocenters. The first-order valence-corrected chi connectivity index (χ1v) is 5.39. The summed E-state index contributed by atoms with van der Waals surface area (Å²) in [6.07, 6.45) is 1.71. The van der Waals surface area contributed by atoms with Crippen LogP contribution in [0.1, 0.15) is 5.56 Å². The Morgan fingerprint density at radius 3 is 2.77 bits per heavy atom. The van der Waals surface area contributed by atoms with E-state index >= 15 is 0 Å². The fraction of sp³-hybridized carbons (Fsp3) is 0.250. The Hall–Kier alpha value is -0.130. The zero-order valence-electron chi connectivity index (χ0n) is 6.81. The van der Waals surface area contributed by atoms with Gasteiger partial charge < -0.3 is 4.18 Å². The first-order chi connectivity index (χ1) is 6.16. The van der Waals surface area contributed by atoms with Crippen LogP contribution in [0, 0.1) is 11.6 Å². The largest absolute Gasteiger partial charge is 0.311 e. The zero-order chi connectivity index (χ0) is 9.84. The van der Waals surface area contributed by atoms with Gasteiger partial charge in [0, 0.05) is 16.3 Å². The van der Waals surface area contributed by atoms with Crippen LogP contribution in [-0.2, 0) is 10.8 Å². The van der Waals surface area contributed by atoms with Gasteiger partial charge in [-0.3, -0.25) is 0 Å². The van der Waals surface area contributed by atoms with Crippen LogP contribution in [0.15, 0.2) is 16.6 Å². The number of hydrogen-bond acceptors (Lipinski definition) is 2. The highest BCUT2D eigenvalue weighted by Crippen LogP contribution is 2.23. The van der Waals surface area contributed by atoms with Crippen molar-refractivity contribution in [3.05, 3.63) is 33.8 Å². The molecule has 1 rings (SSSR count). The molecule has 0 amide bonds. The van der Waals surface area contributed by atoms with Crippen molar-refractivity contribution in [1.82, 2.24) is 0 Å². The van der Waals surface area contributed by atoms with E-state index < -0.39 is 11.6 Å². The first-order valence-electron chi connectivity index (χ1n) is 3.44. The maximum atomic E-state index is 13.1. The van der Waals surface area contributed by atoms with Gasteiger partial charge >= 0.3 is 0 Å². The van der Waals surface area contributed by atoms with Crippen molar-refractivity contribution in [1.29, 1.82) is 0 Å². The molecule has 72 valence electrons. The van der Waals surface area contributed by atoms with E-state index in [1.165, 1.54) is 6.07 Å². The summed E-state index contributed by atoms with van der Waals surface area (Å²) in [5.74, 6) is -1.72. The van der Waals surface area contributed by atoms with Crippen molar-refractivity contribution in [2.75, 3.05) is 6.26 Å². The van der Waals surface area contributed by atoms with Gasteiger partial charge in [-0.2, -0.15) is 0 Å². The molecule has 0 aromatic heterocycles. The lowest BCUT2D eigenvalue weighted by molar-refractivity contribution is 0.350. The van der Waals surface area contributed by atoms with Crippen molar-refractivity contribution >= 4 is 28.0 Å². The summed E-state index contributed by atoms with van der Waals surface area (Å²) < 4.78 is 31.3. The maximum absolute atomic E-state index is 13.1. The molecule has 0 saturated carbocycles. The van der Waals surface area contributed by atoms with E-state index in [1.54, 1.807) is 6.26 Å². The third kappa shape index (κ3) is 2.65. The summed E-state index contributed by atoms with van der Waals surface area (Å²) in [6, 6.07) is 2.53. The van der Waals surface area contributed by atoms with Gasteiger partial charge in [-0.05, 0) is 24.2 Å². The van der Waals surface area contributed by atoms with Gasteiger partial charge in [0.25, 0.3) is 0 Å². The van der Waals surface area contributed by atoms with E-state index in [2.05, 4.69) is 15.9 Å². The number of benzene rings is 1. The minimum absolute atomic E-state index is 0.0470. The molecule has 0 heterocycles. The monoisotopic (exact) mass is 268 g/mol. The van der Waals surface area contributed by atoms with E-state index in [0.29, 0.717) is 4.47 Å². The smallest absolute Gasteiger partial charge is 0.165 e. The number of halogens is 3. The van der Waals surface area contributed by atoms with Crippen molar-refractivity contribution in [3.8, 4) is 0 Å². The lowest BCUT2D eigenvalue weighted by Crippen LogP contribution is -1.96. The predicted octanol–water partition coefficient (Wildman–Crippen LogP) is 3.52. The van der Waals surface area contributed by atoms with E-state index in [4.69, 9.17) is 4.18 Å². The number of rotatable bonds is 3. The minimum atomic E-state index is -0.858. The molecule has 5 heteroatoms. The normalized spacial score (nSPS) is 10.5. The topological polar surface area (TPSA) is 9.23 Å². The lowest BCUT2D eigenvalue weighted by atomic mass is 10.2. The molecule has 0 unspecified atom stereocenters. The average molecular weight is 269 g/mol. The van der Waals surface area contributed by atoms with Gasteiger partial charge in [0.1, 0.15) is 0 Å². The van der Waals surface area contributed by atoms with Crippen LogP contribution >= 0.6 is 28.0 Å². The van der Waals surface area contributed by atoms with Gasteiger partial charge in [-0.25, -0.2) is 8.78 Å². The SMILES string of the molecule is CSOCc1c(Br)ccc(F)c1F. The molecule has 0 N–H and O–H groups in total. The van der Waals surface area contributed by atoms with Gasteiger partial charge in [0.2, 0.25) is 0 Å². The van der Waals surface area contributed by atoms with Crippen molar-refractivity contribution in [2.45, 2.75) is 6.61 Å². The van der Waals surface area contributed by atoms with Crippen LogP contribution in [0.2, 0.25) is 0 Å². The molecule has 0 fully saturated rings. The Balaban J connectivity index is 2.96. The molecular formula is C8H7BrF2OS. The number of hydrogen-bond donors (Lipinski definition) is 0. The third-order valence-corrected chi connectivity index (χ3v) is 2.56. The second-order valence-corrected chi connectivity index (χ2v) is 3.67. The van der Waals surface area contributed by atoms with E-state index in [1.807, 2.05) is 0 Å².